The molecule has 0 heterocycles. The summed E-state index contributed by atoms with van der Waals surface area (Å²) < 4.78 is 24.4. The quantitative estimate of drug-likeness (QED) is 0.770. The number of amides is 1. The summed E-state index contributed by atoms with van der Waals surface area (Å²) in [6, 6.07) is 4.64. The van der Waals surface area contributed by atoms with E-state index in [9.17, 15) is 13.2 Å². The predicted molar refractivity (Wildman–Crippen MR) is 66.3 cm³/mol. The van der Waals surface area contributed by atoms with Crippen molar-refractivity contribution in [3.05, 3.63) is 23.8 Å². The highest BCUT2D eigenvalue weighted by Crippen LogP contribution is 2.24. The molecule has 0 fully saturated rings. The van der Waals surface area contributed by atoms with Crippen LogP contribution in [0.3, 0.4) is 0 Å². The molecule has 0 saturated carbocycles. The van der Waals surface area contributed by atoms with Crippen LogP contribution in [0.25, 0.3) is 0 Å². The average molecular weight is 256 g/mol. The number of benzene rings is 1. The minimum atomic E-state index is -3.70. The molecule has 0 aliphatic rings. The van der Waals surface area contributed by atoms with Gasteiger partial charge in [-0.25, -0.2) is 8.42 Å². The molecule has 0 aliphatic heterocycles. The number of hydrogen-bond donors (Lipinski definition) is 2. The Hall–Kier alpha value is -1.56. The Labute approximate surface area is 101 Å². The standard InChI is InChI=1S/C11H16N2O3S/c1-7-9(12)5-4-6-10(7)17(15,16)8(2)11(14)13-3/h4-6,8H,12H2,1-3H3,(H,13,14). The fraction of sp³-hybridized carbons (Fsp3) is 0.364. The zero-order valence-corrected chi connectivity index (χ0v) is 10.8. The highest BCUT2D eigenvalue weighted by molar-refractivity contribution is 7.92. The van der Waals surface area contributed by atoms with Gasteiger partial charge in [0, 0.05) is 12.7 Å². The molecule has 0 spiro atoms. The van der Waals surface area contributed by atoms with Crippen LogP contribution in [0.4, 0.5) is 5.69 Å². The molecule has 1 aromatic carbocycles. The summed E-state index contributed by atoms with van der Waals surface area (Å²) in [5, 5.41) is 1.19. The van der Waals surface area contributed by atoms with E-state index in [0.29, 0.717) is 11.3 Å². The van der Waals surface area contributed by atoms with Crippen LogP contribution in [0.5, 0.6) is 0 Å². The highest BCUT2D eigenvalue weighted by atomic mass is 32.2. The molecule has 0 aromatic heterocycles. The molecule has 94 valence electrons. The van der Waals surface area contributed by atoms with E-state index in [1.807, 2.05) is 0 Å². The fourth-order valence-electron chi connectivity index (χ4n) is 1.47. The number of nitrogens with one attached hydrogen (secondary N) is 1. The van der Waals surface area contributed by atoms with Crippen LogP contribution in [0.2, 0.25) is 0 Å². The number of sulfone groups is 1. The Morgan fingerprint density at radius 3 is 2.53 bits per heavy atom. The van der Waals surface area contributed by atoms with E-state index < -0.39 is 21.0 Å². The van der Waals surface area contributed by atoms with Crippen molar-refractivity contribution in [2.45, 2.75) is 24.0 Å². The molecule has 17 heavy (non-hydrogen) atoms. The zero-order chi connectivity index (χ0) is 13.2. The topological polar surface area (TPSA) is 89.3 Å². The van der Waals surface area contributed by atoms with Crippen molar-refractivity contribution >= 4 is 21.4 Å². The molecule has 1 unspecified atom stereocenters. The van der Waals surface area contributed by atoms with Crippen LogP contribution in [0, 0.1) is 6.92 Å². The summed E-state index contributed by atoms with van der Waals surface area (Å²) >= 11 is 0. The predicted octanol–water partition coefficient (Wildman–Crippen LogP) is 0.485. The first-order valence-electron chi connectivity index (χ1n) is 5.13. The Balaban J connectivity index is 3.32. The van der Waals surface area contributed by atoms with Gasteiger partial charge in [0.05, 0.1) is 4.90 Å². The summed E-state index contributed by atoms with van der Waals surface area (Å²) in [5.74, 6) is -0.535. The van der Waals surface area contributed by atoms with Crippen LogP contribution >= 0.6 is 0 Å². The SMILES string of the molecule is CNC(=O)C(C)S(=O)(=O)c1cccc(N)c1C. The van der Waals surface area contributed by atoms with Crippen molar-refractivity contribution in [2.24, 2.45) is 0 Å². The lowest BCUT2D eigenvalue weighted by molar-refractivity contribution is -0.119. The maximum Gasteiger partial charge on any atom is 0.238 e. The van der Waals surface area contributed by atoms with Crippen LogP contribution < -0.4 is 11.1 Å². The van der Waals surface area contributed by atoms with E-state index in [0.717, 1.165) is 0 Å². The number of nitrogens with two attached hydrogens (primary N) is 1. The fourth-order valence-corrected chi connectivity index (χ4v) is 3.07. The molecule has 0 aliphatic carbocycles. The third-order valence-electron chi connectivity index (χ3n) is 2.71. The second-order valence-electron chi connectivity index (χ2n) is 3.77. The van der Waals surface area contributed by atoms with Crippen LogP contribution in [0.1, 0.15) is 12.5 Å². The lowest BCUT2D eigenvalue weighted by Crippen LogP contribution is -2.36. The van der Waals surface area contributed by atoms with Gasteiger partial charge in [-0.05, 0) is 31.5 Å². The summed E-state index contributed by atoms with van der Waals surface area (Å²) in [5.41, 5.74) is 6.53. The van der Waals surface area contributed by atoms with Crippen molar-refractivity contribution in [1.29, 1.82) is 0 Å². The minimum absolute atomic E-state index is 0.105. The molecule has 1 rings (SSSR count). The van der Waals surface area contributed by atoms with E-state index in [1.54, 1.807) is 19.1 Å². The second kappa shape index (κ2) is 4.75. The monoisotopic (exact) mass is 256 g/mol. The molecule has 0 saturated heterocycles. The Kier molecular flexibility index (Phi) is 3.77. The van der Waals surface area contributed by atoms with Gasteiger partial charge in [-0.1, -0.05) is 6.07 Å². The van der Waals surface area contributed by atoms with Gasteiger partial charge in [-0.15, -0.1) is 0 Å². The van der Waals surface area contributed by atoms with Gasteiger partial charge in [0.1, 0.15) is 5.25 Å². The second-order valence-corrected chi connectivity index (χ2v) is 6.01. The van der Waals surface area contributed by atoms with E-state index in [4.69, 9.17) is 5.73 Å². The van der Waals surface area contributed by atoms with Gasteiger partial charge in [0.15, 0.2) is 9.84 Å². The lowest BCUT2D eigenvalue weighted by atomic mass is 10.2. The van der Waals surface area contributed by atoms with Crippen LogP contribution in [0.15, 0.2) is 23.1 Å². The van der Waals surface area contributed by atoms with E-state index in [-0.39, 0.29) is 4.90 Å². The molecular weight excluding hydrogens is 240 g/mol. The van der Waals surface area contributed by atoms with E-state index >= 15 is 0 Å². The summed E-state index contributed by atoms with van der Waals surface area (Å²) in [4.78, 5) is 11.5. The van der Waals surface area contributed by atoms with Gasteiger partial charge < -0.3 is 11.1 Å². The number of rotatable bonds is 3. The molecular formula is C11H16N2O3S. The molecule has 6 heteroatoms. The van der Waals surface area contributed by atoms with Crippen molar-refractivity contribution in [1.82, 2.24) is 5.32 Å². The number of hydrogen-bond acceptors (Lipinski definition) is 4. The van der Waals surface area contributed by atoms with Crippen molar-refractivity contribution < 1.29 is 13.2 Å². The third kappa shape index (κ3) is 2.41. The lowest BCUT2D eigenvalue weighted by Gasteiger charge is -2.14. The Morgan fingerprint density at radius 1 is 1.41 bits per heavy atom. The van der Waals surface area contributed by atoms with Gasteiger partial charge in [0.2, 0.25) is 5.91 Å². The summed E-state index contributed by atoms with van der Waals surface area (Å²) in [6.45, 7) is 2.98. The maximum atomic E-state index is 12.2. The number of carbonyl (C=O) groups excluding carboxylic acids is 1. The molecule has 0 radical (unpaired) electrons. The van der Waals surface area contributed by atoms with E-state index in [2.05, 4.69) is 5.32 Å². The van der Waals surface area contributed by atoms with Crippen LogP contribution in [-0.2, 0) is 14.6 Å². The average Bonchev–Trinajstić information content (AvgIpc) is 2.30. The smallest absolute Gasteiger partial charge is 0.238 e. The number of carbonyl (C=O) groups is 1. The minimum Gasteiger partial charge on any atom is -0.398 e. The largest absolute Gasteiger partial charge is 0.398 e. The van der Waals surface area contributed by atoms with Gasteiger partial charge in [-0.3, -0.25) is 4.79 Å². The number of nitrogen functional groups attached to an aromatic ring is 1. The first kappa shape index (κ1) is 13.5. The van der Waals surface area contributed by atoms with Gasteiger partial charge in [0.25, 0.3) is 0 Å². The third-order valence-corrected chi connectivity index (χ3v) is 4.91. The van der Waals surface area contributed by atoms with Gasteiger partial charge in [-0.2, -0.15) is 0 Å². The Bertz CT molecular complexity index is 538. The number of anilines is 1. The Morgan fingerprint density at radius 2 is 2.00 bits per heavy atom. The van der Waals surface area contributed by atoms with E-state index in [1.165, 1.54) is 20.0 Å². The van der Waals surface area contributed by atoms with Gasteiger partial charge >= 0.3 is 0 Å². The normalized spacial score (nSPS) is 13.1. The highest BCUT2D eigenvalue weighted by Gasteiger charge is 2.30. The summed E-state index contributed by atoms with van der Waals surface area (Å²) in [6.07, 6.45) is 0. The molecule has 3 N–H and O–H groups in total. The molecule has 0 bridgehead atoms. The first-order valence-corrected chi connectivity index (χ1v) is 6.67. The molecule has 1 atom stereocenters. The zero-order valence-electron chi connectivity index (χ0n) is 10.0. The van der Waals surface area contributed by atoms with Crippen LogP contribution in [-0.4, -0.2) is 26.6 Å². The molecule has 5 nitrogen and oxygen atoms in total. The summed E-state index contributed by atoms with van der Waals surface area (Å²) in [7, 11) is -2.29. The van der Waals surface area contributed by atoms with Crippen molar-refractivity contribution in [3.63, 3.8) is 0 Å². The molecule has 1 aromatic rings. The maximum absolute atomic E-state index is 12.2. The molecule has 1 amide bonds. The van der Waals surface area contributed by atoms with Crippen molar-refractivity contribution in [2.75, 3.05) is 12.8 Å². The van der Waals surface area contributed by atoms with Crippen molar-refractivity contribution in [3.8, 4) is 0 Å². The first-order chi connectivity index (χ1) is 7.82.